The molecule has 0 bridgehead atoms. The number of aliphatic hydroxyl groups is 1. The fourth-order valence-corrected chi connectivity index (χ4v) is 1.61. The van der Waals surface area contributed by atoms with Crippen molar-refractivity contribution in [1.29, 1.82) is 0 Å². The minimum absolute atomic E-state index is 0.244. The van der Waals surface area contributed by atoms with E-state index in [2.05, 4.69) is 0 Å². The summed E-state index contributed by atoms with van der Waals surface area (Å²) >= 11 is 0. The van der Waals surface area contributed by atoms with Crippen LogP contribution in [0.4, 0.5) is 10.1 Å². The minimum Gasteiger partial charge on any atom is -0.390 e. The number of halogens is 1. The highest BCUT2D eigenvalue weighted by Crippen LogP contribution is 2.39. The predicted molar refractivity (Wildman–Crippen MR) is 55.6 cm³/mol. The van der Waals surface area contributed by atoms with Gasteiger partial charge in [0.1, 0.15) is 5.82 Å². The van der Waals surface area contributed by atoms with Crippen LogP contribution < -0.4 is 0 Å². The van der Waals surface area contributed by atoms with Crippen LogP contribution in [0.3, 0.4) is 0 Å². The van der Waals surface area contributed by atoms with Gasteiger partial charge in [0.2, 0.25) is 0 Å². The molecule has 1 saturated carbocycles. The summed E-state index contributed by atoms with van der Waals surface area (Å²) in [7, 11) is 0. The van der Waals surface area contributed by atoms with Gasteiger partial charge in [0.05, 0.1) is 16.6 Å². The summed E-state index contributed by atoms with van der Waals surface area (Å²) in [6.45, 7) is 0. The van der Waals surface area contributed by atoms with Crippen LogP contribution in [0.25, 0.3) is 0 Å². The van der Waals surface area contributed by atoms with E-state index in [4.69, 9.17) is 0 Å². The van der Waals surface area contributed by atoms with Crippen LogP contribution in [-0.2, 0) is 6.42 Å². The van der Waals surface area contributed by atoms with E-state index < -0.39 is 16.3 Å². The van der Waals surface area contributed by atoms with Crippen molar-refractivity contribution in [1.82, 2.24) is 0 Å². The molecule has 1 N–H and O–H groups in total. The zero-order valence-corrected chi connectivity index (χ0v) is 8.65. The first-order valence-corrected chi connectivity index (χ1v) is 5.15. The van der Waals surface area contributed by atoms with Gasteiger partial charge in [-0.2, -0.15) is 0 Å². The Bertz CT molecular complexity index is 429. The number of nitro groups is 1. The van der Waals surface area contributed by atoms with Gasteiger partial charge in [-0.25, -0.2) is 4.39 Å². The summed E-state index contributed by atoms with van der Waals surface area (Å²) < 4.78 is 13.4. The number of hydrogen-bond donors (Lipinski definition) is 1. The van der Waals surface area contributed by atoms with Gasteiger partial charge in [-0.05, 0) is 37.3 Å². The highest BCUT2D eigenvalue weighted by Gasteiger charge is 2.39. The summed E-state index contributed by atoms with van der Waals surface area (Å²) in [5, 5.41) is 20.0. The maximum Gasteiger partial charge on any atom is 0.272 e. The SMILES string of the molecule is O=[N+]([O-])c1ccc(CCC2(O)CC2)c(F)c1. The van der Waals surface area contributed by atoms with Crippen molar-refractivity contribution in [2.75, 3.05) is 0 Å². The Morgan fingerprint density at radius 2 is 2.19 bits per heavy atom. The Balaban J connectivity index is 2.07. The van der Waals surface area contributed by atoms with Crippen molar-refractivity contribution < 1.29 is 14.4 Å². The molecule has 0 radical (unpaired) electrons. The molecular weight excluding hydrogens is 213 g/mol. The molecule has 16 heavy (non-hydrogen) atoms. The molecule has 1 aliphatic rings. The quantitative estimate of drug-likeness (QED) is 0.631. The van der Waals surface area contributed by atoms with Gasteiger partial charge >= 0.3 is 0 Å². The van der Waals surface area contributed by atoms with E-state index >= 15 is 0 Å². The van der Waals surface area contributed by atoms with E-state index in [1.165, 1.54) is 12.1 Å². The Labute approximate surface area is 91.9 Å². The van der Waals surface area contributed by atoms with Crippen LogP contribution in [0.1, 0.15) is 24.8 Å². The number of rotatable bonds is 4. The fourth-order valence-electron chi connectivity index (χ4n) is 1.61. The molecule has 0 saturated heterocycles. The molecule has 0 spiro atoms. The molecule has 0 aliphatic heterocycles. The molecule has 0 unspecified atom stereocenters. The van der Waals surface area contributed by atoms with Crippen LogP contribution in [0.5, 0.6) is 0 Å². The van der Waals surface area contributed by atoms with Crippen molar-refractivity contribution in [3.05, 3.63) is 39.7 Å². The van der Waals surface area contributed by atoms with Crippen LogP contribution in [0.15, 0.2) is 18.2 Å². The van der Waals surface area contributed by atoms with Gasteiger partial charge in [0, 0.05) is 6.07 Å². The molecule has 1 aliphatic carbocycles. The minimum atomic E-state index is -0.624. The molecule has 4 nitrogen and oxygen atoms in total. The third-order valence-corrected chi connectivity index (χ3v) is 2.93. The molecule has 1 fully saturated rings. The highest BCUT2D eigenvalue weighted by atomic mass is 19.1. The van der Waals surface area contributed by atoms with E-state index in [0.29, 0.717) is 18.4 Å². The van der Waals surface area contributed by atoms with Gasteiger partial charge < -0.3 is 5.11 Å². The lowest BCUT2D eigenvalue weighted by Gasteiger charge is -2.07. The molecular formula is C11H12FNO3. The zero-order valence-electron chi connectivity index (χ0n) is 8.65. The molecule has 0 aromatic heterocycles. The van der Waals surface area contributed by atoms with Crippen molar-refractivity contribution in [2.24, 2.45) is 0 Å². The Morgan fingerprint density at radius 1 is 1.50 bits per heavy atom. The number of nitro benzene ring substituents is 1. The second-order valence-electron chi connectivity index (χ2n) is 4.26. The average Bonchev–Trinajstić information content (AvgIpc) is 2.95. The van der Waals surface area contributed by atoms with Gasteiger partial charge in [0.15, 0.2) is 0 Å². The summed E-state index contributed by atoms with van der Waals surface area (Å²) in [5.41, 5.74) is -0.439. The number of aryl methyl sites for hydroxylation is 1. The molecule has 2 rings (SSSR count). The molecule has 0 atom stereocenters. The summed E-state index contributed by atoms with van der Waals surface area (Å²) in [6.07, 6.45) is 2.46. The van der Waals surface area contributed by atoms with Crippen molar-refractivity contribution >= 4 is 5.69 Å². The summed E-state index contributed by atoms with van der Waals surface area (Å²) in [5.74, 6) is -0.571. The third kappa shape index (κ3) is 2.36. The Morgan fingerprint density at radius 3 is 2.69 bits per heavy atom. The van der Waals surface area contributed by atoms with Crippen LogP contribution in [0.2, 0.25) is 0 Å². The number of nitrogens with zero attached hydrogens (tertiary/aromatic N) is 1. The molecule has 1 aromatic rings. The first-order valence-electron chi connectivity index (χ1n) is 5.15. The van der Waals surface area contributed by atoms with Crippen LogP contribution in [0, 0.1) is 15.9 Å². The second kappa shape index (κ2) is 3.83. The molecule has 86 valence electrons. The van der Waals surface area contributed by atoms with Gasteiger partial charge in [-0.1, -0.05) is 0 Å². The molecule has 0 amide bonds. The monoisotopic (exact) mass is 225 g/mol. The Kier molecular flexibility index (Phi) is 2.63. The molecule has 0 heterocycles. The lowest BCUT2D eigenvalue weighted by atomic mass is 10.0. The number of non-ortho nitro benzene ring substituents is 1. The molecule has 1 aromatic carbocycles. The van der Waals surface area contributed by atoms with Crippen molar-refractivity contribution in [2.45, 2.75) is 31.3 Å². The van der Waals surface area contributed by atoms with Gasteiger partial charge in [-0.15, -0.1) is 0 Å². The maximum absolute atomic E-state index is 13.4. The van der Waals surface area contributed by atoms with E-state index in [1.807, 2.05) is 0 Å². The lowest BCUT2D eigenvalue weighted by molar-refractivity contribution is -0.385. The average molecular weight is 225 g/mol. The normalized spacial score (nSPS) is 17.1. The summed E-state index contributed by atoms with van der Waals surface area (Å²) in [6, 6.07) is 3.63. The predicted octanol–water partition coefficient (Wildman–Crippen LogP) is 2.19. The standard InChI is InChI=1S/C11H12FNO3/c12-10-7-9(13(15)16)2-1-8(10)3-4-11(14)5-6-11/h1-2,7,14H,3-6H2. The maximum atomic E-state index is 13.4. The molecule has 5 heteroatoms. The smallest absolute Gasteiger partial charge is 0.272 e. The topological polar surface area (TPSA) is 63.4 Å². The summed E-state index contributed by atoms with van der Waals surface area (Å²) in [4.78, 5) is 9.77. The largest absolute Gasteiger partial charge is 0.390 e. The van der Waals surface area contributed by atoms with E-state index in [9.17, 15) is 19.6 Å². The lowest BCUT2D eigenvalue weighted by Crippen LogP contribution is -2.08. The number of hydrogen-bond acceptors (Lipinski definition) is 3. The van der Waals surface area contributed by atoms with Gasteiger partial charge in [-0.3, -0.25) is 10.1 Å². The first-order chi connectivity index (χ1) is 7.50. The van der Waals surface area contributed by atoms with E-state index in [1.54, 1.807) is 0 Å². The van der Waals surface area contributed by atoms with E-state index in [-0.39, 0.29) is 5.69 Å². The second-order valence-corrected chi connectivity index (χ2v) is 4.26. The van der Waals surface area contributed by atoms with Gasteiger partial charge in [0.25, 0.3) is 5.69 Å². The fraction of sp³-hybridized carbons (Fsp3) is 0.455. The Hall–Kier alpha value is -1.49. The highest BCUT2D eigenvalue weighted by molar-refractivity contribution is 5.34. The van der Waals surface area contributed by atoms with Crippen LogP contribution in [-0.4, -0.2) is 15.6 Å². The van der Waals surface area contributed by atoms with Crippen LogP contribution >= 0.6 is 0 Å². The third-order valence-electron chi connectivity index (χ3n) is 2.93. The first kappa shape index (κ1) is 11.0. The zero-order chi connectivity index (χ0) is 11.8. The number of benzene rings is 1. The van der Waals surface area contributed by atoms with E-state index in [0.717, 1.165) is 18.9 Å². The van der Waals surface area contributed by atoms with Crippen molar-refractivity contribution in [3.8, 4) is 0 Å². The van der Waals surface area contributed by atoms with Crippen molar-refractivity contribution in [3.63, 3.8) is 0 Å².